The third-order valence-corrected chi connectivity index (χ3v) is 3.15. The molecule has 0 N–H and O–H groups in total. The predicted molar refractivity (Wildman–Crippen MR) is 67.4 cm³/mol. The van der Waals surface area contributed by atoms with E-state index in [2.05, 4.69) is 4.74 Å². The first-order chi connectivity index (χ1) is 8.69. The van der Waals surface area contributed by atoms with Crippen molar-refractivity contribution in [1.29, 1.82) is 0 Å². The van der Waals surface area contributed by atoms with E-state index in [1.807, 2.05) is 29.3 Å². The molecule has 0 radical (unpaired) electrons. The number of ketones is 1. The van der Waals surface area contributed by atoms with Crippen LogP contribution in [0.5, 0.6) is 0 Å². The lowest BCUT2D eigenvalue weighted by Gasteiger charge is -2.34. The lowest BCUT2D eigenvalue weighted by Crippen LogP contribution is -2.44. The highest BCUT2D eigenvalue weighted by molar-refractivity contribution is 6.02. The summed E-state index contributed by atoms with van der Waals surface area (Å²) in [7, 11) is 1.34. The van der Waals surface area contributed by atoms with Crippen molar-refractivity contribution in [3.8, 4) is 0 Å². The van der Waals surface area contributed by atoms with Gasteiger partial charge in [0.15, 0.2) is 5.78 Å². The molecule has 1 unspecified atom stereocenters. The van der Waals surface area contributed by atoms with Gasteiger partial charge < -0.3 is 9.64 Å². The van der Waals surface area contributed by atoms with E-state index in [1.54, 1.807) is 18.4 Å². The Labute approximate surface area is 106 Å². The zero-order valence-corrected chi connectivity index (χ0v) is 10.2. The van der Waals surface area contributed by atoms with Crippen LogP contribution in [0.2, 0.25) is 0 Å². The van der Waals surface area contributed by atoms with E-state index in [4.69, 9.17) is 0 Å². The van der Waals surface area contributed by atoms with Gasteiger partial charge in [0.1, 0.15) is 5.54 Å². The number of rotatable bonds is 4. The molecule has 1 atom stereocenters. The molecule has 0 spiro atoms. The molecule has 2 aliphatic heterocycles. The monoisotopic (exact) mass is 245 g/mol. The minimum atomic E-state index is -0.602. The van der Waals surface area contributed by atoms with Gasteiger partial charge in [0, 0.05) is 24.6 Å². The number of esters is 1. The minimum absolute atomic E-state index is 0.0783. The van der Waals surface area contributed by atoms with Crippen molar-refractivity contribution in [2.45, 2.75) is 18.4 Å². The fourth-order valence-electron chi connectivity index (χ4n) is 2.15. The van der Waals surface area contributed by atoms with Gasteiger partial charge in [-0.1, -0.05) is 18.2 Å². The second-order valence-electron chi connectivity index (χ2n) is 4.18. The fourth-order valence-corrected chi connectivity index (χ4v) is 2.15. The number of methoxy groups -OCH3 is 1. The summed E-state index contributed by atoms with van der Waals surface area (Å²) in [6.45, 7) is 0. The molecule has 2 rings (SSSR count). The standard InChI is InChI=1S/C14H15NO3/c1-18-13(17)6-2-3-8-14-9-4-5-10-15(14)11-7-12(14)16/h2,4-7,9-11H,3,8H2,1H3/b6-2+. The molecule has 2 aliphatic rings. The Bertz CT molecular complexity index is 471. The molecule has 0 saturated carbocycles. The number of nitrogens with zero attached hydrogens (tertiary/aromatic N) is 1. The van der Waals surface area contributed by atoms with Crippen LogP contribution >= 0.6 is 0 Å². The average molecular weight is 245 g/mol. The number of allylic oxidation sites excluding steroid dienone is 3. The number of hydrogen-bond donors (Lipinski definition) is 0. The van der Waals surface area contributed by atoms with E-state index < -0.39 is 5.54 Å². The molecular formula is C14H15NO3. The summed E-state index contributed by atoms with van der Waals surface area (Å²) in [5, 5.41) is 0. The maximum atomic E-state index is 12.0. The lowest BCUT2D eigenvalue weighted by atomic mass is 9.87. The van der Waals surface area contributed by atoms with Gasteiger partial charge in [0.05, 0.1) is 7.11 Å². The van der Waals surface area contributed by atoms with Crippen LogP contribution in [0.15, 0.2) is 48.9 Å². The Hall–Kier alpha value is -2.10. The smallest absolute Gasteiger partial charge is 0.330 e. The maximum absolute atomic E-state index is 12.0. The largest absolute Gasteiger partial charge is 0.466 e. The number of ether oxygens (including phenoxy) is 1. The molecule has 4 heteroatoms. The topological polar surface area (TPSA) is 46.6 Å². The van der Waals surface area contributed by atoms with Gasteiger partial charge in [0.2, 0.25) is 0 Å². The average Bonchev–Trinajstić information content (AvgIpc) is 2.73. The van der Waals surface area contributed by atoms with Gasteiger partial charge in [0.25, 0.3) is 0 Å². The molecule has 2 heterocycles. The molecule has 0 bridgehead atoms. The van der Waals surface area contributed by atoms with Crippen LogP contribution in [0, 0.1) is 0 Å². The van der Waals surface area contributed by atoms with Gasteiger partial charge in [-0.15, -0.1) is 0 Å². The van der Waals surface area contributed by atoms with Gasteiger partial charge in [-0.05, 0) is 18.9 Å². The first-order valence-corrected chi connectivity index (χ1v) is 5.81. The van der Waals surface area contributed by atoms with E-state index in [0.717, 1.165) is 0 Å². The fraction of sp³-hybridized carbons (Fsp3) is 0.286. The van der Waals surface area contributed by atoms with Crippen LogP contribution in [0.1, 0.15) is 12.8 Å². The number of hydrogen-bond acceptors (Lipinski definition) is 4. The Morgan fingerprint density at radius 3 is 3.06 bits per heavy atom. The summed E-state index contributed by atoms with van der Waals surface area (Å²) in [4.78, 5) is 24.8. The van der Waals surface area contributed by atoms with E-state index in [9.17, 15) is 9.59 Å². The third-order valence-electron chi connectivity index (χ3n) is 3.15. The molecule has 94 valence electrons. The van der Waals surface area contributed by atoms with Crippen molar-refractivity contribution in [1.82, 2.24) is 4.90 Å². The van der Waals surface area contributed by atoms with Crippen LogP contribution in [0.3, 0.4) is 0 Å². The molecule has 0 saturated heterocycles. The van der Waals surface area contributed by atoms with Crippen molar-refractivity contribution in [2.75, 3.05) is 7.11 Å². The Morgan fingerprint density at radius 1 is 1.44 bits per heavy atom. The van der Waals surface area contributed by atoms with Crippen LogP contribution in [-0.2, 0) is 14.3 Å². The van der Waals surface area contributed by atoms with E-state index in [1.165, 1.54) is 13.2 Å². The van der Waals surface area contributed by atoms with Crippen molar-refractivity contribution < 1.29 is 14.3 Å². The highest BCUT2D eigenvalue weighted by Crippen LogP contribution is 2.33. The van der Waals surface area contributed by atoms with Gasteiger partial charge in [-0.3, -0.25) is 4.79 Å². The van der Waals surface area contributed by atoms with Gasteiger partial charge >= 0.3 is 5.97 Å². The van der Waals surface area contributed by atoms with Crippen molar-refractivity contribution in [2.24, 2.45) is 0 Å². The van der Waals surface area contributed by atoms with Crippen LogP contribution in [0.25, 0.3) is 0 Å². The summed E-state index contributed by atoms with van der Waals surface area (Å²) in [6, 6.07) is 0. The molecule has 4 nitrogen and oxygen atoms in total. The van der Waals surface area contributed by atoms with Crippen molar-refractivity contribution in [3.05, 3.63) is 48.9 Å². The summed E-state index contributed by atoms with van der Waals surface area (Å²) in [6.07, 6.45) is 15.3. The van der Waals surface area contributed by atoms with Crippen LogP contribution < -0.4 is 0 Å². The summed E-state index contributed by atoms with van der Waals surface area (Å²) in [5.74, 6) is -0.297. The lowest BCUT2D eigenvalue weighted by molar-refractivity contribution is -0.134. The Kier molecular flexibility index (Phi) is 3.46. The molecule has 0 aromatic rings. The van der Waals surface area contributed by atoms with Crippen LogP contribution in [-0.4, -0.2) is 29.3 Å². The zero-order valence-electron chi connectivity index (χ0n) is 10.2. The molecular weight excluding hydrogens is 230 g/mol. The third kappa shape index (κ3) is 2.14. The second kappa shape index (κ2) is 5.04. The first kappa shape index (κ1) is 12.4. The highest BCUT2D eigenvalue weighted by atomic mass is 16.5. The van der Waals surface area contributed by atoms with E-state index in [-0.39, 0.29) is 11.8 Å². The number of fused-ring (bicyclic) bond motifs is 1. The second-order valence-corrected chi connectivity index (χ2v) is 4.18. The maximum Gasteiger partial charge on any atom is 0.330 e. The van der Waals surface area contributed by atoms with Crippen molar-refractivity contribution in [3.63, 3.8) is 0 Å². The minimum Gasteiger partial charge on any atom is -0.466 e. The van der Waals surface area contributed by atoms with Crippen molar-refractivity contribution >= 4 is 11.8 Å². The number of carbonyl (C=O) groups is 2. The van der Waals surface area contributed by atoms with Crippen LogP contribution in [0.4, 0.5) is 0 Å². The molecule has 0 fully saturated rings. The predicted octanol–water partition coefficient (Wildman–Crippen LogP) is 1.72. The number of carbonyl (C=O) groups excluding carboxylic acids is 2. The summed E-state index contributed by atoms with van der Waals surface area (Å²) >= 11 is 0. The molecule has 0 aromatic carbocycles. The molecule has 0 aliphatic carbocycles. The van der Waals surface area contributed by atoms with E-state index in [0.29, 0.717) is 12.8 Å². The zero-order chi connectivity index (χ0) is 13.0. The molecule has 0 aromatic heterocycles. The van der Waals surface area contributed by atoms with E-state index >= 15 is 0 Å². The molecule has 0 amide bonds. The van der Waals surface area contributed by atoms with Gasteiger partial charge in [-0.2, -0.15) is 0 Å². The van der Waals surface area contributed by atoms with Gasteiger partial charge in [-0.25, -0.2) is 4.79 Å². The Morgan fingerprint density at radius 2 is 2.28 bits per heavy atom. The summed E-state index contributed by atoms with van der Waals surface area (Å²) in [5.41, 5.74) is -0.602. The highest BCUT2D eigenvalue weighted by Gasteiger charge is 2.41. The normalized spacial score (nSPS) is 24.9. The quantitative estimate of drug-likeness (QED) is 0.559. The molecule has 18 heavy (non-hydrogen) atoms. The first-order valence-electron chi connectivity index (χ1n) is 5.81. The SMILES string of the molecule is COC(=O)/C=C/CCC12C=CC=CN1C=CC2=O. The Balaban J connectivity index is 2.01. The summed E-state index contributed by atoms with van der Waals surface area (Å²) < 4.78 is 4.51.